The molecule has 5 rings (SSSR count). The summed E-state index contributed by atoms with van der Waals surface area (Å²) < 4.78 is 42.7. The molecule has 2 amide bonds. The Kier molecular flexibility index (Phi) is 5.35. The zero-order valence-electron chi connectivity index (χ0n) is 17.9. The normalized spacial score (nSPS) is 14.6. The smallest absolute Gasteiger partial charge is 0.335 e. The van der Waals surface area contributed by atoms with Gasteiger partial charge < -0.3 is 14.4 Å². The van der Waals surface area contributed by atoms with E-state index in [2.05, 4.69) is 4.98 Å². The van der Waals surface area contributed by atoms with Gasteiger partial charge in [0.25, 0.3) is 5.91 Å². The minimum atomic E-state index is -4.47. The van der Waals surface area contributed by atoms with Gasteiger partial charge >= 0.3 is 12.2 Å². The van der Waals surface area contributed by atoms with Crippen molar-refractivity contribution in [2.45, 2.75) is 6.18 Å². The summed E-state index contributed by atoms with van der Waals surface area (Å²) in [6.07, 6.45) is 1.65. The predicted octanol–water partition coefficient (Wildman–Crippen LogP) is 4.27. The largest absolute Gasteiger partial charge is 0.416 e. The lowest BCUT2D eigenvalue weighted by Crippen LogP contribution is -2.51. The van der Waals surface area contributed by atoms with Gasteiger partial charge in [-0.1, -0.05) is 24.3 Å². The van der Waals surface area contributed by atoms with E-state index in [4.69, 9.17) is 0 Å². The predicted molar refractivity (Wildman–Crippen MR) is 119 cm³/mol. The van der Waals surface area contributed by atoms with Crippen LogP contribution >= 0.6 is 0 Å². The average Bonchev–Trinajstić information content (AvgIpc) is 3.52. The van der Waals surface area contributed by atoms with Crippen LogP contribution in [0.4, 0.5) is 18.0 Å². The number of imidazole rings is 1. The van der Waals surface area contributed by atoms with E-state index in [0.717, 1.165) is 12.1 Å². The summed E-state index contributed by atoms with van der Waals surface area (Å²) in [6, 6.07) is 11.9. The molecule has 0 unspecified atom stereocenters. The number of alkyl halides is 3. The van der Waals surface area contributed by atoms with Crippen LogP contribution in [0, 0.1) is 0 Å². The zero-order chi connectivity index (χ0) is 23.9. The van der Waals surface area contributed by atoms with Gasteiger partial charge in [0.15, 0.2) is 0 Å². The fourth-order valence-electron chi connectivity index (χ4n) is 4.20. The van der Waals surface area contributed by atoms with Gasteiger partial charge in [0, 0.05) is 55.8 Å². The van der Waals surface area contributed by atoms with Crippen molar-refractivity contribution in [2.75, 3.05) is 26.2 Å². The third-order valence-corrected chi connectivity index (χ3v) is 5.96. The fraction of sp³-hybridized carbons (Fsp3) is 0.208. The van der Waals surface area contributed by atoms with Gasteiger partial charge in [0.2, 0.25) is 0 Å². The minimum Gasteiger partial charge on any atom is -0.335 e. The molecule has 10 heteroatoms. The number of aromatic nitrogens is 3. The Morgan fingerprint density at radius 2 is 1.65 bits per heavy atom. The number of halogens is 3. The molecule has 0 atom stereocenters. The second-order valence-corrected chi connectivity index (χ2v) is 8.01. The molecule has 1 aliphatic rings. The van der Waals surface area contributed by atoms with Crippen molar-refractivity contribution in [3.8, 4) is 5.69 Å². The number of nitrogens with zero attached hydrogens (tertiary/aromatic N) is 5. The maximum Gasteiger partial charge on any atom is 0.416 e. The Hall–Kier alpha value is -4.08. The van der Waals surface area contributed by atoms with E-state index in [-0.39, 0.29) is 11.9 Å². The van der Waals surface area contributed by atoms with E-state index in [9.17, 15) is 22.8 Å². The molecule has 1 fully saturated rings. The molecule has 0 saturated carbocycles. The van der Waals surface area contributed by atoms with E-state index in [0.29, 0.717) is 48.3 Å². The third-order valence-electron chi connectivity index (χ3n) is 5.96. The van der Waals surface area contributed by atoms with Crippen LogP contribution in [0.2, 0.25) is 0 Å². The minimum absolute atomic E-state index is 0.203. The highest BCUT2D eigenvalue weighted by atomic mass is 19.4. The molecule has 2 aromatic carbocycles. The molecule has 34 heavy (non-hydrogen) atoms. The number of fused-ring (bicyclic) bond motifs is 1. The number of hydrogen-bond acceptors (Lipinski definition) is 3. The first-order valence-electron chi connectivity index (χ1n) is 10.7. The molecule has 0 N–H and O–H groups in total. The maximum atomic E-state index is 13.4. The molecule has 1 saturated heterocycles. The third kappa shape index (κ3) is 3.91. The Morgan fingerprint density at radius 1 is 0.912 bits per heavy atom. The number of carbonyl (C=O) groups excluding carboxylic acids is 2. The topological polar surface area (TPSA) is 63.4 Å². The molecule has 0 aliphatic carbocycles. The molecule has 0 bridgehead atoms. The quantitative estimate of drug-likeness (QED) is 0.442. The van der Waals surface area contributed by atoms with Crippen molar-refractivity contribution >= 4 is 22.8 Å². The van der Waals surface area contributed by atoms with Crippen molar-refractivity contribution in [2.24, 2.45) is 0 Å². The maximum absolute atomic E-state index is 13.4. The van der Waals surface area contributed by atoms with Gasteiger partial charge in [0.1, 0.15) is 6.33 Å². The van der Waals surface area contributed by atoms with Gasteiger partial charge in [-0.05, 0) is 24.3 Å². The first-order chi connectivity index (χ1) is 16.3. The zero-order valence-corrected chi connectivity index (χ0v) is 17.9. The van der Waals surface area contributed by atoms with E-state index in [1.54, 1.807) is 57.1 Å². The van der Waals surface area contributed by atoms with E-state index in [1.807, 2.05) is 0 Å². The standard InChI is InChI=1S/C24H20F3N5O2/c25-24(26,27)17-4-3-5-18(14-17)32-15-20(19-6-1-2-7-21(19)32)22(33)29-10-12-30(13-11-29)23(34)31-9-8-28-16-31/h1-9,14-16H,10-13H2. The van der Waals surface area contributed by atoms with Crippen molar-refractivity contribution in [3.05, 3.63) is 84.6 Å². The molecular weight excluding hydrogens is 447 g/mol. The molecule has 3 heterocycles. The van der Waals surface area contributed by atoms with E-state index >= 15 is 0 Å². The summed E-state index contributed by atoms with van der Waals surface area (Å²) in [6.45, 7) is 1.44. The number of piperazine rings is 1. The summed E-state index contributed by atoms with van der Waals surface area (Å²) in [5.74, 6) is -0.225. The SMILES string of the molecule is O=C(c1cn(-c2cccc(C(F)(F)F)c2)c2ccccc12)N1CCN(C(=O)n2ccnc2)CC1. The summed E-state index contributed by atoms with van der Waals surface area (Å²) in [5.41, 5.74) is 0.608. The highest BCUT2D eigenvalue weighted by Crippen LogP contribution is 2.32. The fourth-order valence-corrected chi connectivity index (χ4v) is 4.20. The second kappa shape index (κ2) is 8.36. The number of carbonyl (C=O) groups is 2. The molecule has 1 aliphatic heterocycles. The molecular formula is C24H20F3N5O2. The highest BCUT2D eigenvalue weighted by molar-refractivity contribution is 6.07. The molecule has 7 nitrogen and oxygen atoms in total. The lowest BCUT2D eigenvalue weighted by Gasteiger charge is -2.34. The van der Waals surface area contributed by atoms with Gasteiger partial charge in [-0.2, -0.15) is 13.2 Å². The van der Waals surface area contributed by atoms with Crippen LogP contribution in [0.15, 0.2) is 73.4 Å². The number of benzene rings is 2. The molecule has 4 aromatic rings. The van der Waals surface area contributed by atoms with Crippen LogP contribution in [-0.4, -0.2) is 62.0 Å². The highest BCUT2D eigenvalue weighted by Gasteiger charge is 2.31. The summed E-state index contributed by atoms with van der Waals surface area (Å²) in [5, 5.41) is 0.654. The van der Waals surface area contributed by atoms with Crippen molar-refractivity contribution in [3.63, 3.8) is 0 Å². The Morgan fingerprint density at radius 3 is 2.35 bits per heavy atom. The Bertz CT molecular complexity index is 1350. The van der Waals surface area contributed by atoms with Crippen LogP contribution in [0.25, 0.3) is 16.6 Å². The van der Waals surface area contributed by atoms with Crippen LogP contribution in [0.5, 0.6) is 0 Å². The van der Waals surface area contributed by atoms with Crippen molar-refractivity contribution in [1.29, 1.82) is 0 Å². The van der Waals surface area contributed by atoms with Gasteiger partial charge in [0.05, 0.1) is 16.6 Å². The van der Waals surface area contributed by atoms with E-state index < -0.39 is 11.7 Å². The second-order valence-electron chi connectivity index (χ2n) is 8.01. The number of hydrogen-bond donors (Lipinski definition) is 0. The van der Waals surface area contributed by atoms with Gasteiger partial charge in [-0.25, -0.2) is 9.78 Å². The van der Waals surface area contributed by atoms with Crippen LogP contribution < -0.4 is 0 Å². The summed E-state index contributed by atoms with van der Waals surface area (Å²) in [4.78, 5) is 33.1. The number of rotatable bonds is 2. The van der Waals surface area contributed by atoms with Crippen molar-refractivity contribution < 1.29 is 22.8 Å². The first-order valence-corrected chi connectivity index (χ1v) is 10.7. The van der Waals surface area contributed by atoms with Gasteiger partial charge in [-0.15, -0.1) is 0 Å². The average molecular weight is 467 g/mol. The Balaban J connectivity index is 1.42. The van der Waals surface area contributed by atoms with Crippen LogP contribution in [0.1, 0.15) is 15.9 Å². The number of para-hydroxylation sites is 1. The molecule has 0 spiro atoms. The van der Waals surface area contributed by atoms with E-state index in [1.165, 1.54) is 23.2 Å². The lowest BCUT2D eigenvalue weighted by molar-refractivity contribution is -0.137. The van der Waals surface area contributed by atoms with Crippen LogP contribution in [0.3, 0.4) is 0 Å². The lowest BCUT2D eigenvalue weighted by atomic mass is 10.1. The van der Waals surface area contributed by atoms with Crippen molar-refractivity contribution in [1.82, 2.24) is 23.9 Å². The Labute approximate surface area is 192 Å². The number of amides is 2. The summed E-state index contributed by atoms with van der Waals surface area (Å²) >= 11 is 0. The first kappa shape index (κ1) is 21.7. The molecule has 174 valence electrons. The molecule has 2 aromatic heterocycles. The van der Waals surface area contributed by atoms with Gasteiger partial charge in [-0.3, -0.25) is 9.36 Å². The monoisotopic (exact) mass is 467 g/mol. The molecule has 0 radical (unpaired) electrons. The van der Waals surface area contributed by atoms with Crippen LogP contribution in [-0.2, 0) is 6.18 Å². The summed E-state index contributed by atoms with van der Waals surface area (Å²) in [7, 11) is 0.